The number of rotatable bonds is 7. The Kier molecular flexibility index (Phi) is 6.25. The Hall–Kier alpha value is -2.65. The number of amides is 3. The highest BCUT2D eigenvalue weighted by molar-refractivity contribution is 6.21. The molecule has 3 rings (SSSR count). The molecule has 0 aromatic heterocycles. The SMILES string of the molecule is C#CCOCC1CCCN(C(=O)CCCN2C(=O)c3ccccc3C2=O)C1. The first-order valence-corrected chi connectivity index (χ1v) is 9.36. The van der Waals surface area contributed by atoms with Gasteiger partial charge in [-0.05, 0) is 37.3 Å². The Bertz CT molecular complexity index is 733. The fourth-order valence-electron chi connectivity index (χ4n) is 3.70. The second-order valence-electron chi connectivity index (χ2n) is 6.98. The van der Waals surface area contributed by atoms with E-state index in [1.807, 2.05) is 4.90 Å². The van der Waals surface area contributed by atoms with Gasteiger partial charge in [-0.25, -0.2) is 0 Å². The summed E-state index contributed by atoms with van der Waals surface area (Å²) in [6.45, 7) is 2.56. The molecule has 27 heavy (non-hydrogen) atoms. The van der Waals surface area contributed by atoms with Crippen LogP contribution in [0.15, 0.2) is 24.3 Å². The van der Waals surface area contributed by atoms with Crippen molar-refractivity contribution in [2.24, 2.45) is 5.92 Å². The Morgan fingerprint density at radius 2 is 1.93 bits per heavy atom. The average molecular weight is 368 g/mol. The van der Waals surface area contributed by atoms with Gasteiger partial charge >= 0.3 is 0 Å². The van der Waals surface area contributed by atoms with Gasteiger partial charge in [0.25, 0.3) is 11.8 Å². The van der Waals surface area contributed by atoms with Gasteiger partial charge in [0.2, 0.25) is 5.91 Å². The number of imide groups is 1. The molecule has 0 spiro atoms. The molecular weight excluding hydrogens is 344 g/mol. The number of terminal acetylenes is 1. The van der Waals surface area contributed by atoms with Crippen LogP contribution in [0, 0.1) is 18.3 Å². The molecule has 2 aliphatic rings. The fraction of sp³-hybridized carbons (Fsp3) is 0.476. The van der Waals surface area contributed by atoms with E-state index in [1.165, 1.54) is 4.90 Å². The lowest BCUT2D eigenvalue weighted by atomic mass is 9.98. The molecule has 1 unspecified atom stereocenters. The largest absolute Gasteiger partial charge is 0.368 e. The van der Waals surface area contributed by atoms with Crippen LogP contribution in [0.25, 0.3) is 0 Å². The van der Waals surface area contributed by atoms with Crippen LogP contribution in [0.3, 0.4) is 0 Å². The van der Waals surface area contributed by atoms with Gasteiger partial charge in [0.1, 0.15) is 6.61 Å². The third kappa shape index (κ3) is 4.37. The van der Waals surface area contributed by atoms with Gasteiger partial charge in [-0.3, -0.25) is 19.3 Å². The predicted molar refractivity (Wildman–Crippen MR) is 100.0 cm³/mol. The number of benzene rings is 1. The van der Waals surface area contributed by atoms with Crippen LogP contribution < -0.4 is 0 Å². The first kappa shape index (κ1) is 19.1. The first-order chi connectivity index (χ1) is 13.1. The minimum atomic E-state index is -0.272. The Labute approximate surface area is 159 Å². The maximum Gasteiger partial charge on any atom is 0.261 e. The van der Waals surface area contributed by atoms with Crippen molar-refractivity contribution >= 4 is 17.7 Å². The summed E-state index contributed by atoms with van der Waals surface area (Å²) in [7, 11) is 0. The van der Waals surface area contributed by atoms with E-state index in [9.17, 15) is 14.4 Å². The van der Waals surface area contributed by atoms with E-state index in [2.05, 4.69) is 5.92 Å². The highest BCUT2D eigenvalue weighted by atomic mass is 16.5. The number of nitrogens with zero attached hydrogens (tertiary/aromatic N) is 2. The van der Waals surface area contributed by atoms with Gasteiger partial charge in [-0.1, -0.05) is 18.1 Å². The number of hydrogen-bond donors (Lipinski definition) is 0. The van der Waals surface area contributed by atoms with E-state index >= 15 is 0 Å². The van der Waals surface area contributed by atoms with E-state index < -0.39 is 0 Å². The van der Waals surface area contributed by atoms with Crippen molar-refractivity contribution in [3.63, 3.8) is 0 Å². The number of hydrogen-bond acceptors (Lipinski definition) is 4. The smallest absolute Gasteiger partial charge is 0.261 e. The van der Waals surface area contributed by atoms with E-state index in [4.69, 9.17) is 11.2 Å². The summed E-state index contributed by atoms with van der Waals surface area (Å²) < 4.78 is 5.40. The van der Waals surface area contributed by atoms with Crippen molar-refractivity contribution in [2.75, 3.05) is 32.8 Å². The molecule has 142 valence electrons. The lowest BCUT2D eigenvalue weighted by Crippen LogP contribution is -2.41. The summed E-state index contributed by atoms with van der Waals surface area (Å²) in [6, 6.07) is 6.82. The van der Waals surface area contributed by atoms with Crippen molar-refractivity contribution in [2.45, 2.75) is 25.7 Å². The van der Waals surface area contributed by atoms with Gasteiger partial charge in [0.15, 0.2) is 0 Å². The number of piperidine rings is 1. The number of carbonyl (C=O) groups is 3. The van der Waals surface area contributed by atoms with Gasteiger partial charge < -0.3 is 9.64 Å². The van der Waals surface area contributed by atoms with Gasteiger partial charge in [0, 0.05) is 26.1 Å². The Balaban J connectivity index is 1.45. The lowest BCUT2D eigenvalue weighted by Gasteiger charge is -2.32. The minimum Gasteiger partial charge on any atom is -0.368 e. The number of carbonyl (C=O) groups excluding carboxylic acids is 3. The zero-order valence-corrected chi connectivity index (χ0v) is 15.4. The van der Waals surface area contributed by atoms with Crippen LogP contribution in [0.2, 0.25) is 0 Å². The van der Waals surface area contributed by atoms with Crippen molar-refractivity contribution in [1.82, 2.24) is 9.80 Å². The second-order valence-corrected chi connectivity index (χ2v) is 6.98. The van der Waals surface area contributed by atoms with Crippen LogP contribution in [0.5, 0.6) is 0 Å². The van der Waals surface area contributed by atoms with Gasteiger partial charge in [0.05, 0.1) is 17.7 Å². The molecule has 2 heterocycles. The molecule has 1 aromatic rings. The van der Waals surface area contributed by atoms with Crippen LogP contribution in [0.1, 0.15) is 46.4 Å². The molecule has 1 saturated heterocycles. The monoisotopic (exact) mass is 368 g/mol. The topological polar surface area (TPSA) is 66.9 Å². The normalized spacial score (nSPS) is 19.1. The molecule has 1 aromatic carbocycles. The van der Waals surface area contributed by atoms with Gasteiger partial charge in [-0.2, -0.15) is 0 Å². The van der Waals surface area contributed by atoms with Crippen LogP contribution in [0.4, 0.5) is 0 Å². The molecule has 0 bridgehead atoms. The van der Waals surface area contributed by atoms with Crippen molar-refractivity contribution in [3.8, 4) is 12.3 Å². The Morgan fingerprint density at radius 1 is 1.22 bits per heavy atom. The van der Waals surface area contributed by atoms with E-state index in [0.717, 1.165) is 19.4 Å². The molecule has 0 radical (unpaired) electrons. The Morgan fingerprint density at radius 3 is 2.59 bits per heavy atom. The zero-order valence-electron chi connectivity index (χ0n) is 15.4. The van der Waals surface area contributed by atoms with E-state index in [1.54, 1.807) is 24.3 Å². The maximum absolute atomic E-state index is 12.5. The summed E-state index contributed by atoms with van der Waals surface area (Å²) in [5.74, 6) is 2.28. The number of likely N-dealkylation sites (tertiary alicyclic amines) is 1. The first-order valence-electron chi connectivity index (χ1n) is 9.36. The zero-order chi connectivity index (χ0) is 19.2. The molecule has 0 aliphatic carbocycles. The summed E-state index contributed by atoms with van der Waals surface area (Å²) >= 11 is 0. The highest BCUT2D eigenvalue weighted by Gasteiger charge is 2.34. The van der Waals surface area contributed by atoms with Crippen LogP contribution in [-0.2, 0) is 9.53 Å². The minimum absolute atomic E-state index is 0.0632. The standard InChI is InChI=1S/C21H24N2O4/c1-2-13-27-15-16-7-5-11-22(14-16)19(24)10-6-12-23-20(25)17-8-3-4-9-18(17)21(23)26/h1,3-4,8-9,16H,5-7,10-15H2. The number of fused-ring (bicyclic) bond motifs is 1. The predicted octanol–water partition coefficient (Wildman–Crippen LogP) is 1.95. The molecule has 3 amide bonds. The molecule has 6 heteroatoms. The maximum atomic E-state index is 12.5. The summed E-state index contributed by atoms with van der Waals surface area (Å²) in [5, 5.41) is 0. The third-order valence-corrected chi connectivity index (χ3v) is 5.06. The molecule has 1 atom stereocenters. The van der Waals surface area contributed by atoms with Crippen molar-refractivity contribution in [3.05, 3.63) is 35.4 Å². The molecule has 1 fully saturated rings. The van der Waals surface area contributed by atoms with Crippen molar-refractivity contribution in [1.29, 1.82) is 0 Å². The number of ether oxygens (including phenoxy) is 1. The molecule has 0 saturated carbocycles. The van der Waals surface area contributed by atoms with Gasteiger partial charge in [-0.15, -0.1) is 6.42 Å². The molecule has 6 nitrogen and oxygen atoms in total. The average Bonchev–Trinajstić information content (AvgIpc) is 2.93. The summed E-state index contributed by atoms with van der Waals surface area (Å²) in [6.07, 6.45) is 7.96. The van der Waals surface area contributed by atoms with E-state index in [-0.39, 0.29) is 24.3 Å². The quantitative estimate of drug-likeness (QED) is 0.419. The highest BCUT2D eigenvalue weighted by Crippen LogP contribution is 2.23. The lowest BCUT2D eigenvalue weighted by molar-refractivity contribution is -0.133. The van der Waals surface area contributed by atoms with Crippen molar-refractivity contribution < 1.29 is 19.1 Å². The molecule has 2 aliphatic heterocycles. The summed E-state index contributed by atoms with van der Waals surface area (Å²) in [4.78, 5) is 40.3. The fourth-order valence-corrected chi connectivity index (χ4v) is 3.70. The molecular formula is C21H24N2O4. The van der Waals surface area contributed by atoms with Crippen LogP contribution >= 0.6 is 0 Å². The second kappa shape index (κ2) is 8.83. The summed E-state index contributed by atoms with van der Waals surface area (Å²) in [5.41, 5.74) is 0.888. The third-order valence-electron chi connectivity index (χ3n) is 5.06. The van der Waals surface area contributed by atoms with Crippen LogP contribution in [-0.4, -0.2) is 60.4 Å². The molecule has 0 N–H and O–H groups in total. The van der Waals surface area contributed by atoms with E-state index in [0.29, 0.717) is 49.6 Å².